The van der Waals surface area contributed by atoms with Crippen LogP contribution in [0.2, 0.25) is 0 Å². The minimum atomic E-state index is -0.976. The molecule has 0 aliphatic heterocycles. The van der Waals surface area contributed by atoms with Gasteiger partial charge in [0.25, 0.3) is 0 Å². The third-order valence-corrected chi connectivity index (χ3v) is 3.63. The summed E-state index contributed by atoms with van der Waals surface area (Å²) in [7, 11) is 1.97. The number of nitrogens with zero attached hydrogens (tertiary/aromatic N) is 1. The average molecular weight is 288 g/mol. The van der Waals surface area contributed by atoms with E-state index in [1.807, 2.05) is 52.1 Å². The Balaban J connectivity index is 0.00000106. The molecule has 2 rings (SSSR count). The number of aromatic nitrogens is 1. The van der Waals surface area contributed by atoms with Gasteiger partial charge in [-0.15, -0.1) is 0 Å². The lowest BCUT2D eigenvalue weighted by Gasteiger charge is -2.07. The van der Waals surface area contributed by atoms with Crippen molar-refractivity contribution < 1.29 is 9.90 Å². The molecule has 0 amide bonds. The number of benzene rings is 1. The molecule has 1 heterocycles. The first-order chi connectivity index (χ1) is 9.97. The molecule has 0 aliphatic carbocycles. The molecule has 2 aromatic rings. The van der Waals surface area contributed by atoms with Gasteiger partial charge in [0.15, 0.2) is 0 Å². The summed E-state index contributed by atoms with van der Waals surface area (Å²) in [6.07, 6.45) is 2.14. The van der Waals surface area contributed by atoms with Crippen molar-refractivity contribution in [3.05, 3.63) is 41.6 Å². The molecule has 0 fully saturated rings. The highest BCUT2D eigenvalue weighted by molar-refractivity contribution is 5.92. The van der Waals surface area contributed by atoms with E-state index in [1.165, 1.54) is 0 Å². The van der Waals surface area contributed by atoms with Crippen LogP contribution >= 0.6 is 0 Å². The maximum Gasteiger partial charge on any atom is 0.320 e. The second kappa shape index (κ2) is 7.09. The fourth-order valence-corrected chi connectivity index (χ4v) is 2.47. The van der Waals surface area contributed by atoms with Gasteiger partial charge in [-0.25, -0.2) is 0 Å². The van der Waals surface area contributed by atoms with Crippen LogP contribution in [0.15, 0.2) is 24.8 Å². The Bertz CT molecular complexity index is 656. The first-order valence-corrected chi connectivity index (χ1v) is 7.15. The van der Waals surface area contributed by atoms with E-state index < -0.39 is 12.0 Å². The maximum atomic E-state index is 10.9. The normalized spacial score (nSPS) is 11.7. The molecule has 114 valence electrons. The zero-order valence-electron chi connectivity index (χ0n) is 13.2. The van der Waals surface area contributed by atoms with Crippen LogP contribution in [-0.4, -0.2) is 21.7 Å². The summed E-state index contributed by atoms with van der Waals surface area (Å²) in [5.41, 5.74) is 9.81. The second-order valence-corrected chi connectivity index (χ2v) is 4.72. The highest BCUT2D eigenvalue weighted by Gasteiger charge is 2.19. The van der Waals surface area contributed by atoms with Gasteiger partial charge in [0.2, 0.25) is 0 Å². The molecule has 0 bridgehead atoms. The van der Waals surface area contributed by atoms with Gasteiger partial charge in [-0.2, -0.15) is 0 Å². The minimum Gasteiger partial charge on any atom is -0.480 e. The molecule has 0 saturated carbocycles. The van der Waals surface area contributed by atoms with Crippen LogP contribution in [0.5, 0.6) is 0 Å². The molecule has 0 aliphatic rings. The van der Waals surface area contributed by atoms with Crippen molar-refractivity contribution in [3.63, 3.8) is 0 Å². The molecule has 3 N–H and O–H groups in total. The number of para-hydroxylation sites is 1. The van der Waals surface area contributed by atoms with Crippen molar-refractivity contribution in [3.8, 4) is 0 Å². The van der Waals surface area contributed by atoms with Crippen molar-refractivity contribution in [1.29, 1.82) is 0 Å². The number of aryl methyl sites for hydroxylation is 1. The first-order valence-electron chi connectivity index (χ1n) is 7.15. The zero-order chi connectivity index (χ0) is 16.2. The number of carboxylic acid groups (broad SMARTS) is 1. The third kappa shape index (κ3) is 3.16. The van der Waals surface area contributed by atoms with Gasteiger partial charge < -0.3 is 15.4 Å². The summed E-state index contributed by atoms with van der Waals surface area (Å²) in [6.45, 7) is 9.80. The Morgan fingerprint density at radius 2 is 2.10 bits per heavy atom. The van der Waals surface area contributed by atoms with Gasteiger partial charge in [-0.05, 0) is 18.1 Å². The van der Waals surface area contributed by atoms with E-state index >= 15 is 0 Å². The van der Waals surface area contributed by atoms with E-state index in [4.69, 9.17) is 10.8 Å². The monoisotopic (exact) mass is 288 g/mol. The van der Waals surface area contributed by atoms with Crippen LogP contribution in [0, 0.1) is 6.92 Å². The summed E-state index contributed by atoms with van der Waals surface area (Å²) < 4.78 is 2.07. The fourth-order valence-electron chi connectivity index (χ4n) is 2.47. The number of fused-ring (bicyclic) bond motifs is 1. The van der Waals surface area contributed by atoms with Gasteiger partial charge in [0, 0.05) is 24.5 Å². The molecule has 1 aromatic carbocycles. The predicted octanol–water partition coefficient (Wildman–Crippen LogP) is 3.11. The quantitative estimate of drug-likeness (QED) is 0.908. The molecule has 4 nitrogen and oxygen atoms in total. The molecule has 0 spiro atoms. The summed E-state index contributed by atoms with van der Waals surface area (Å²) in [6, 6.07) is 5.07. The van der Waals surface area contributed by atoms with Crippen molar-refractivity contribution in [2.45, 2.75) is 33.2 Å². The molecule has 4 heteroatoms. The van der Waals surface area contributed by atoms with Crippen LogP contribution in [-0.2, 0) is 18.3 Å². The molecule has 21 heavy (non-hydrogen) atoms. The van der Waals surface area contributed by atoms with Crippen LogP contribution in [0.25, 0.3) is 17.0 Å². The molecular formula is C17H24N2O2. The topological polar surface area (TPSA) is 68.2 Å². The van der Waals surface area contributed by atoms with Gasteiger partial charge in [-0.1, -0.05) is 44.7 Å². The number of carboxylic acids is 1. The molecule has 1 unspecified atom stereocenters. The minimum absolute atomic E-state index is 0.332. The standard InChI is InChI=1S/C15H18N2O2.C2H6/c1-4-10-6-5-7-11-12(8-13(16)15(18)19)9(2)17(3)14(10)11;1-2/h4-7,13H,1,8,16H2,2-3H3,(H,18,19);1-2H3. The number of rotatable bonds is 4. The first kappa shape index (κ1) is 17.0. The fraction of sp³-hybridized carbons (Fsp3) is 0.353. The molecule has 1 atom stereocenters. The van der Waals surface area contributed by atoms with E-state index in [0.29, 0.717) is 6.42 Å². The number of aliphatic carboxylic acids is 1. The smallest absolute Gasteiger partial charge is 0.320 e. The lowest BCUT2D eigenvalue weighted by atomic mass is 10.0. The number of carbonyl (C=O) groups is 1. The van der Waals surface area contributed by atoms with E-state index in [9.17, 15) is 4.79 Å². The van der Waals surface area contributed by atoms with Crippen LogP contribution in [0.3, 0.4) is 0 Å². The summed E-state index contributed by atoms with van der Waals surface area (Å²) in [5.74, 6) is -0.976. The van der Waals surface area contributed by atoms with E-state index in [-0.39, 0.29) is 0 Å². The van der Waals surface area contributed by atoms with Crippen LogP contribution in [0.1, 0.15) is 30.7 Å². The van der Waals surface area contributed by atoms with Gasteiger partial charge in [-0.3, -0.25) is 4.79 Å². The highest BCUT2D eigenvalue weighted by atomic mass is 16.4. The average Bonchev–Trinajstić information content (AvgIpc) is 2.74. The Morgan fingerprint density at radius 1 is 1.48 bits per heavy atom. The predicted molar refractivity (Wildman–Crippen MR) is 88.4 cm³/mol. The van der Waals surface area contributed by atoms with Gasteiger partial charge in [0.05, 0.1) is 5.52 Å². The van der Waals surface area contributed by atoms with Crippen LogP contribution < -0.4 is 5.73 Å². The second-order valence-electron chi connectivity index (χ2n) is 4.72. The lowest BCUT2D eigenvalue weighted by Crippen LogP contribution is -2.32. The van der Waals surface area contributed by atoms with Crippen molar-refractivity contribution in [2.24, 2.45) is 12.8 Å². The number of nitrogens with two attached hydrogens (primary N) is 1. The lowest BCUT2D eigenvalue weighted by molar-refractivity contribution is -0.138. The summed E-state index contributed by atoms with van der Waals surface area (Å²) >= 11 is 0. The highest BCUT2D eigenvalue weighted by Crippen LogP contribution is 2.29. The molecule has 0 saturated heterocycles. The number of hydrogen-bond acceptors (Lipinski definition) is 2. The van der Waals surface area contributed by atoms with Gasteiger partial charge in [0.1, 0.15) is 6.04 Å². The van der Waals surface area contributed by atoms with Gasteiger partial charge >= 0.3 is 5.97 Å². The summed E-state index contributed by atoms with van der Waals surface area (Å²) in [4.78, 5) is 10.9. The Labute approximate surface area is 125 Å². The SMILES string of the molecule is C=Cc1cccc2c(CC(N)C(=O)O)c(C)n(C)c12.CC. The van der Waals surface area contributed by atoms with E-state index in [2.05, 4.69) is 11.1 Å². The zero-order valence-corrected chi connectivity index (χ0v) is 13.2. The summed E-state index contributed by atoms with van der Waals surface area (Å²) in [5, 5.41) is 10.0. The molecular weight excluding hydrogens is 264 g/mol. The largest absolute Gasteiger partial charge is 0.480 e. The van der Waals surface area contributed by atoms with E-state index in [0.717, 1.165) is 27.7 Å². The maximum absolute atomic E-state index is 10.9. The Kier molecular flexibility index (Phi) is 5.73. The number of hydrogen-bond donors (Lipinski definition) is 2. The molecule has 1 aromatic heterocycles. The van der Waals surface area contributed by atoms with E-state index in [1.54, 1.807) is 0 Å². The third-order valence-electron chi connectivity index (χ3n) is 3.63. The van der Waals surface area contributed by atoms with Crippen molar-refractivity contribution in [1.82, 2.24) is 4.57 Å². The van der Waals surface area contributed by atoms with Crippen molar-refractivity contribution in [2.75, 3.05) is 0 Å². The van der Waals surface area contributed by atoms with Crippen LogP contribution in [0.4, 0.5) is 0 Å². The van der Waals surface area contributed by atoms with Crippen molar-refractivity contribution >= 4 is 22.9 Å². The Hall–Kier alpha value is -2.07. The Morgan fingerprint density at radius 3 is 2.62 bits per heavy atom. The molecule has 0 radical (unpaired) electrons.